The van der Waals surface area contributed by atoms with Gasteiger partial charge in [-0.15, -0.1) is 11.3 Å². The molecule has 0 unspecified atom stereocenters. The number of nitrogens with one attached hydrogen (secondary N) is 1. The van der Waals surface area contributed by atoms with Crippen molar-refractivity contribution in [1.82, 2.24) is 15.2 Å². The molecule has 1 aromatic heterocycles. The summed E-state index contributed by atoms with van der Waals surface area (Å²) in [5.41, 5.74) is 0.763. The molecule has 0 atom stereocenters. The summed E-state index contributed by atoms with van der Waals surface area (Å²) in [5.74, 6) is -0.796. The van der Waals surface area contributed by atoms with Gasteiger partial charge in [0.05, 0.1) is 17.1 Å². The van der Waals surface area contributed by atoms with Crippen molar-refractivity contribution in [3.8, 4) is 0 Å². The van der Waals surface area contributed by atoms with Crippen molar-refractivity contribution in [2.45, 2.75) is 32.7 Å². The van der Waals surface area contributed by atoms with Gasteiger partial charge < -0.3 is 10.4 Å². The second kappa shape index (κ2) is 6.98. The van der Waals surface area contributed by atoms with Crippen molar-refractivity contribution < 1.29 is 9.90 Å². The van der Waals surface area contributed by atoms with Crippen LogP contribution >= 0.6 is 11.3 Å². The molecule has 0 saturated carbocycles. The van der Waals surface area contributed by atoms with Gasteiger partial charge in [-0.1, -0.05) is 6.92 Å². The van der Waals surface area contributed by atoms with Gasteiger partial charge in [-0.05, 0) is 12.8 Å². The number of hydrogen-bond acceptors (Lipinski definition) is 5. The fourth-order valence-electron chi connectivity index (χ4n) is 2.23. The minimum Gasteiger partial charge on any atom is -0.481 e. The molecular weight excluding hydrogens is 262 g/mol. The van der Waals surface area contributed by atoms with E-state index in [1.54, 1.807) is 11.3 Å². The second-order valence-electron chi connectivity index (χ2n) is 4.82. The molecule has 5 nitrogen and oxygen atoms in total. The summed E-state index contributed by atoms with van der Waals surface area (Å²) in [6.07, 6.45) is 2.04. The molecule has 1 aliphatic rings. The Bertz CT molecular complexity index is 428. The van der Waals surface area contributed by atoms with E-state index in [4.69, 9.17) is 5.11 Å². The van der Waals surface area contributed by atoms with Gasteiger partial charge in [0, 0.05) is 37.6 Å². The molecule has 0 radical (unpaired) electrons. The molecule has 1 saturated heterocycles. The fraction of sp³-hybridized carbons (Fsp3) is 0.692. The van der Waals surface area contributed by atoms with Crippen molar-refractivity contribution >= 4 is 17.3 Å². The van der Waals surface area contributed by atoms with Crippen molar-refractivity contribution in [3.63, 3.8) is 0 Å². The zero-order valence-corrected chi connectivity index (χ0v) is 12.1. The topological polar surface area (TPSA) is 65.5 Å². The van der Waals surface area contributed by atoms with Gasteiger partial charge in [-0.3, -0.25) is 9.69 Å². The van der Waals surface area contributed by atoms with E-state index >= 15 is 0 Å². The van der Waals surface area contributed by atoms with E-state index in [0.717, 1.165) is 61.1 Å². The van der Waals surface area contributed by atoms with Crippen molar-refractivity contribution in [2.24, 2.45) is 0 Å². The molecule has 0 aliphatic carbocycles. The van der Waals surface area contributed by atoms with E-state index in [2.05, 4.69) is 22.1 Å². The molecule has 106 valence electrons. The van der Waals surface area contributed by atoms with Gasteiger partial charge in [-0.25, -0.2) is 4.98 Å². The van der Waals surface area contributed by atoms with Crippen LogP contribution in [0.1, 0.15) is 28.9 Å². The van der Waals surface area contributed by atoms with Gasteiger partial charge in [-0.2, -0.15) is 0 Å². The van der Waals surface area contributed by atoms with Crippen LogP contribution in [-0.2, 0) is 24.2 Å². The van der Waals surface area contributed by atoms with Crippen LogP contribution < -0.4 is 5.32 Å². The summed E-state index contributed by atoms with van der Waals surface area (Å²) in [4.78, 5) is 18.9. The molecule has 19 heavy (non-hydrogen) atoms. The molecule has 1 fully saturated rings. The van der Waals surface area contributed by atoms with E-state index in [1.165, 1.54) is 0 Å². The predicted octanol–water partition coefficient (Wildman–Crippen LogP) is 1.13. The van der Waals surface area contributed by atoms with Crippen LogP contribution in [-0.4, -0.2) is 47.1 Å². The van der Waals surface area contributed by atoms with Crippen LogP contribution in [0.2, 0.25) is 0 Å². The normalized spacial score (nSPS) is 16.7. The molecule has 2 heterocycles. The van der Waals surface area contributed by atoms with Crippen LogP contribution in [0.25, 0.3) is 0 Å². The molecular formula is C13H21N3O2S. The lowest BCUT2D eigenvalue weighted by Crippen LogP contribution is -2.42. The standard InChI is InChI=1S/C13H21N3O2S/c1-2-3-12-15-10(8-13(17)18)11(19-12)9-16-6-4-14-5-7-16/h14H,2-9H2,1H3,(H,17,18). The first-order chi connectivity index (χ1) is 9.19. The number of piperazine rings is 1. The predicted molar refractivity (Wildman–Crippen MR) is 75.6 cm³/mol. The summed E-state index contributed by atoms with van der Waals surface area (Å²) < 4.78 is 0. The van der Waals surface area contributed by atoms with E-state index in [0.29, 0.717) is 0 Å². The summed E-state index contributed by atoms with van der Waals surface area (Å²) in [6.45, 7) is 7.02. The molecule has 0 amide bonds. The first-order valence-corrected chi connectivity index (χ1v) is 7.63. The van der Waals surface area contributed by atoms with Crippen LogP contribution in [0.15, 0.2) is 0 Å². The molecule has 2 rings (SSSR count). The number of aryl methyl sites for hydroxylation is 1. The summed E-state index contributed by atoms with van der Waals surface area (Å²) in [5, 5.41) is 13.4. The lowest BCUT2D eigenvalue weighted by atomic mass is 10.2. The number of carbonyl (C=O) groups is 1. The van der Waals surface area contributed by atoms with Gasteiger partial charge in [0.25, 0.3) is 0 Å². The summed E-state index contributed by atoms with van der Waals surface area (Å²) in [6, 6.07) is 0. The van der Waals surface area contributed by atoms with E-state index < -0.39 is 5.97 Å². The average molecular weight is 283 g/mol. The Morgan fingerprint density at radius 3 is 2.84 bits per heavy atom. The number of thiazole rings is 1. The zero-order valence-electron chi connectivity index (χ0n) is 11.3. The second-order valence-corrected chi connectivity index (χ2v) is 5.99. The maximum absolute atomic E-state index is 10.9. The van der Waals surface area contributed by atoms with Crippen molar-refractivity contribution in [1.29, 1.82) is 0 Å². The first kappa shape index (κ1) is 14.4. The van der Waals surface area contributed by atoms with Crippen LogP contribution in [0.5, 0.6) is 0 Å². The Balaban J connectivity index is 2.08. The summed E-state index contributed by atoms with van der Waals surface area (Å²) in [7, 11) is 0. The minimum atomic E-state index is -0.796. The van der Waals surface area contributed by atoms with Crippen molar-refractivity contribution in [3.05, 3.63) is 15.6 Å². The lowest BCUT2D eigenvalue weighted by Gasteiger charge is -2.26. The molecule has 1 aliphatic heterocycles. The van der Waals surface area contributed by atoms with Gasteiger partial charge in [0.2, 0.25) is 0 Å². The largest absolute Gasteiger partial charge is 0.481 e. The first-order valence-electron chi connectivity index (χ1n) is 6.81. The zero-order chi connectivity index (χ0) is 13.7. The maximum Gasteiger partial charge on any atom is 0.309 e. The molecule has 0 spiro atoms. The van der Waals surface area contributed by atoms with Crippen LogP contribution in [0.3, 0.4) is 0 Å². The maximum atomic E-state index is 10.9. The van der Waals surface area contributed by atoms with Gasteiger partial charge in [0.1, 0.15) is 0 Å². The highest BCUT2D eigenvalue weighted by molar-refractivity contribution is 7.11. The molecule has 6 heteroatoms. The quantitative estimate of drug-likeness (QED) is 0.819. The highest BCUT2D eigenvalue weighted by Gasteiger charge is 2.17. The Labute approximate surface area is 117 Å². The van der Waals surface area contributed by atoms with E-state index in [1.807, 2.05) is 0 Å². The Morgan fingerprint density at radius 2 is 2.21 bits per heavy atom. The van der Waals surface area contributed by atoms with E-state index in [-0.39, 0.29) is 6.42 Å². The third-order valence-electron chi connectivity index (χ3n) is 3.18. The third kappa shape index (κ3) is 4.26. The Hall–Kier alpha value is -0.980. The van der Waals surface area contributed by atoms with E-state index in [9.17, 15) is 4.79 Å². The number of hydrogen-bond donors (Lipinski definition) is 2. The number of aromatic nitrogens is 1. The number of rotatable bonds is 6. The van der Waals surface area contributed by atoms with Crippen LogP contribution in [0, 0.1) is 0 Å². The number of nitrogens with zero attached hydrogens (tertiary/aromatic N) is 2. The van der Waals surface area contributed by atoms with Crippen LogP contribution in [0.4, 0.5) is 0 Å². The number of carboxylic acids is 1. The molecule has 1 aromatic rings. The Kier molecular flexibility index (Phi) is 5.30. The average Bonchev–Trinajstić information content (AvgIpc) is 2.72. The minimum absolute atomic E-state index is 0.0433. The molecule has 0 aromatic carbocycles. The highest BCUT2D eigenvalue weighted by Crippen LogP contribution is 2.22. The van der Waals surface area contributed by atoms with Gasteiger partial charge in [0.15, 0.2) is 0 Å². The summed E-state index contributed by atoms with van der Waals surface area (Å²) >= 11 is 1.68. The smallest absolute Gasteiger partial charge is 0.309 e. The Morgan fingerprint density at radius 1 is 1.47 bits per heavy atom. The number of carboxylic acid groups (broad SMARTS) is 1. The van der Waals surface area contributed by atoms with Gasteiger partial charge >= 0.3 is 5.97 Å². The number of aliphatic carboxylic acids is 1. The third-order valence-corrected chi connectivity index (χ3v) is 4.32. The molecule has 0 bridgehead atoms. The molecule has 2 N–H and O–H groups in total. The SMILES string of the molecule is CCCc1nc(CC(=O)O)c(CN2CCNCC2)s1. The van der Waals surface area contributed by atoms with Crippen molar-refractivity contribution in [2.75, 3.05) is 26.2 Å². The monoisotopic (exact) mass is 283 g/mol. The lowest BCUT2D eigenvalue weighted by molar-refractivity contribution is -0.136. The fourth-order valence-corrected chi connectivity index (χ4v) is 3.46. The highest BCUT2D eigenvalue weighted by atomic mass is 32.1.